The van der Waals surface area contributed by atoms with Crippen molar-refractivity contribution in [2.45, 2.75) is 65.3 Å². The minimum Gasteiger partial charge on any atom is -0.392 e. The van der Waals surface area contributed by atoms with Crippen LogP contribution in [0.4, 0.5) is 13.2 Å². The Kier molecular flexibility index (Phi) is 5.29. The van der Waals surface area contributed by atoms with Crippen molar-refractivity contribution in [3.8, 4) is 0 Å². The van der Waals surface area contributed by atoms with Gasteiger partial charge in [-0.1, -0.05) is 20.3 Å². The maximum atomic E-state index is 12.6. The van der Waals surface area contributed by atoms with Crippen LogP contribution in [-0.2, 0) is 0 Å². The zero-order valence-corrected chi connectivity index (χ0v) is 12.3. The van der Waals surface area contributed by atoms with Gasteiger partial charge in [0, 0.05) is 12.6 Å². The molecule has 0 heterocycles. The van der Waals surface area contributed by atoms with Gasteiger partial charge in [0.1, 0.15) is 0 Å². The molecule has 5 heteroatoms. The molecular formula is C14H26F3NO. The van der Waals surface area contributed by atoms with Crippen molar-refractivity contribution in [3.63, 3.8) is 0 Å². The van der Waals surface area contributed by atoms with Crippen LogP contribution >= 0.6 is 0 Å². The molecule has 1 aliphatic rings. The van der Waals surface area contributed by atoms with E-state index < -0.39 is 18.8 Å². The van der Waals surface area contributed by atoms with E-state index in [1.54, 1.807) is 13.8 Å². The smallest absolute Gasteiger partial charge is 0.392 e. The fourth-order valence-electron chi connectivity index (χ4n) is 2.94. The molecule has 114 valence electrons. The summed E-state index contributed by atoms with van der Waals surface area (Å²) in [5.41, 5.74) is -0.191. The molecule has 19 heavy (non-hydrogen) atoms. The maximum Gasteiger partial charge on any atom is 0.401 e. The van der Waals surface area contributed by atoms with E-state index in [4.69, 9.17) is 0 Å². The summed E-state index contributed by atoms with van der Waals surface area (Å²) in [5, 5.41) is 10.3. The summed E-state index contributed by atoms with van der Waals surface area (Å²) in [6.07, 6.45) is -1.97. The van der Waals surface area contributed by atoms with E-state index in [0.717, 1.165) is 19.3 Å². The van der Waals surface area contributed by atoms with Gasteiger partial charge in [-0.05, 0) is 38.0 Å². The number of halogens is 3. The Bertz CT molecular complexity index is 289. The normalized spacial score (nSPS) is 28.1. The Hall–Kier alpha value is -0.290. The number of hydrogen-bond acceptors (Lipinski definition) is 2. The summed E-state index contributed by atoms with van der Waals surface area (Å²) in [4.78, 5) is 1.43. The van der Waals surface area contributed by atoms with Gasteiger partial charge in [-0.25, -0.2) is 0 Å². The maximum absolute atomic E-state index is 12.6. The van der Waals surface area contributed by atoms with Crippen molar-refractivity contribution in [2.24, 2.45) is 11.3 Å². The molecule has 1 N–H and O–H groups in total. The highest BCUT2D eigenvalue weighted by Crippen LogP contribution is 2.39. The molecule has 0 amide bonds. The van der Waals surface area contributed by atoms with Crippen LogP contribution in [0.3, 0.4) is 0 Å². The predicted molar refractivity (Wildman–Crippen MR) is 69.9 cm³/mol. The van der Waals surface area contributed by atoms with Crippen LogP contribution in [0, 0.1) is 11.3 Å². The van der Waals surface area contributed by atoms with Crippen molar-refractivity contribution in [1.82, 2.24) is 4.90 Å². The summed E-state index contributed by atoms with van der Waals surface area (Å²) in [6, 6.07) is -0.168. The van der Waals surface area contributed by atoms with E-state index in [0.29, 0.717) is 6.54 Å². The molecule has 0 aromatic rings. The number of alkyl halides is 3. The fraction of sp³-hybridized carbons (Fsp3) is 1.00. The van der Waals surface area contributed by atoms with E-state index in [9.17, 15) is 18.3 Å². The standard InChI is InChI=1S/C14H26F3NO/c1-10(2)18(9-14(15,16)17)8-11-6-5-7-13(3,4)12(11)19/h10-12,19H,5-9H2,1-4H3. The number of rotatable bonds is 4. The number of aliphatic hydroxyl groups is 1. The highest BCUT2D eigenvalue weighted by atomic mass is 19.4. The lowest BCUT2D eigenvalue weighted by Gasteiger charge is -2.43. The van der Waals surface area contributed by atoms with Crippen LogP contribution in [0.1, 0.15) is 47.0 Å². The van der Waals surface area contributed by atoms with Crippen LogP contribution in [0.15, 0.2) is 0 Å². The Labute approximate surface area is 114 Å². The minimum absolute atomic E-state index is 0.0616. The molecule has 0 saturated heterocycles. The molecule has 1 aliphatic carbocycles. The van der Waals surface area contributed by atoms with Gasteiger partial charge in [-0.15, -0.1) is 0 Å². The lowest BCUT2D eigenvalue weighted by molar-refractivity contribution is -0.154. The van der Waals surface area contributed by atoms with Crippen molar-refractivity contribution < 1.29 is 18.3 Å². The molecule has 1 rings (SSSR count). The minimum atomic E-state index is -4.18. The Morgan fingerprint density at radius 3 is 2.37 bits per heavy atom. The highest BCUT2D eigenvalue weighted by Gasteiger charge is 2.40. The molecule has 1 saturated carbocycles. The fourth-order valence-corrected chi connectivity index (χ4v) is 2.94. The highest BCUT2D eigenvalue weighted by molar-refractivity contribution is 4.90. The third-order valence-corrected chi connectivity index (χ3v) is 4.22. The van der Waals surface area contributed by atoms with Gasteiger partial charge in [0.25, 0.3) is 0 Å². The lowest BCUT2D eigenvalue weighted by atomic mass is 9.69. The molecule has 2 nitrogen and oxygen atoms in total. The van der Waals surface area contributed by atoms with Crippen LogP contribution in [-0.4, -0.2) is 41.4 Å². The zero-order valence-electron chi connectivity index (χ0n) is 12.3. The molecule has 0 aromatic heterocycles. The topological polar surface area (TPSA) is 23.5 Å². The van der Waals surface area contributed by atoms with Crippen LogP contribution in [0.25, 0.3) is 0 Å². The number of nitrogens with zero attached hydrogens (tertiary/aromatic N) is 1. The monoisotopic (exact) mass is 281 g/mol. The molecule has 0 spiro atoms. The van der Waals surface area contributed by atoms with Gasteiger partial charge >= 0.3 is 6.18 Å². The molecule has 2 unspecified atom stereocenters. The van der Waals surface area contributed by atoms with E-state index in [1.807, 2.05) is 13.8 Å². The van der Waals surface area contributed by atoms with Crippen LogP contribution in [0.2, 0.25) is 0 Å². The van der Waals surface area contributed by atoms with Gasteiger partial charge < -0.3 is 5.11 Å². The van der Waals surface area contributed by atoms with Gasteiger partial charge in [0.2, 0.25) is 0 Å². The van der Waals surface area contributed by atoms with Gasteiger partial charge in [0.05, 0.1) is 12.6 Å². The van der Waals surface area contributed by atoms with E-state index in [2.05, 4.69) is 0 Å². The van der Waals surface area contributed by atoms with Gasteiger partial charge in [-0.3, -0.25) is 4.90 Å². The summed E-state index contributed by atoms with van der Waals surface area (Å²) in [5.74, 6) is -0.0616. The molecule has 0 aromatic carbocycles. The Morgan fingerprint density at radius 1 is 1.32 bits per heavy atom. The quantitative estimate of drug-likeness (QED) is 0.853. The second-order valence-corrected chi connectivity index (χ2v) is 6.72. The molecule has 0 aliphatic heterocycles. The summed E-state index contributed by atoms with van der Waals surface area (Å²) >= 11 is 0. The van der Waals surface area contributed by atoms with E-state index in [-0.39, 0.29) is 17.4 Å². The van der Waals surface area contributed by atoms with Crippen molar-refractivity contribution in [1.29, 1.82) is 0 Å². The second-order valence-electron chi connectivity index (χ2n) is 6.72. The summed E-state index contributed by atoms with van der Waals surface area (Å²) in [7, 11) is 0. The Balaban J connectivity index is 2.68. The first-order valence-corrected chi connectivity index (χ1v) is 7.02. The van der Waals surface area contributed by atoms with Crippen LogP contribution in [0.5, 0.6) is 0 Å². The first-order chi connectivity index (χ1) is 8.53. The largest absolute Gasteiger partial charge is 0.401 e. The van der Waals surface area contributed by atoms with Gasteiger partial charge in [0.15, 0.2) is 0 Å². The SMILES string of the molecule is CC(C)N(CC1CCCC(C)(C)C1O)CC(F)(F)F. The predicted octanol–water partition coefficient (Wildman–Crippen LogP) is 3.45. The number of hydrogen-bond donors (Lipinski definition) is 1. The first-order valence-electron chi connectivity index (χ1n) is 7.02. The van der Waals surface area contributed by atoms with Gasteiger partial charge in [-0.2, -0.15) is 13.2 Å². The van der Waals surface area contributed by atoms with E-state index in [1.165, 1.54) is 4.90 Å². The van der Waals surface area contributed by atoms with E-state index >= 15 is 0 Å². The molecule has 2 atom stereocenters. The summed E-state index contributed by atoms with van der Waals surface area (Å²) in [6.45, 7) is 6.95. The molecule has 0 radical (unpaired) electrons. The third-order valence-electron chi connectivity index (χ3n) is 4.22. The first kappa shape index (κ1) is 16.8. The number of aliphatic hydroxyl groups excluding tert-OH is 1. The molecule has 1 fully saturated rings. The molecule has 0 bridgehead atoms. The lowest BCUT2D eigenvalue weighted by Crippen LogP contribution is -2.48. The van der Waals surface area contributed by atoms with Crippen molar-refractivity contribution in [2.75, 3.05) is 13.1 Å². The van der Waals surface area contributed by atoms with Crippen molar-refractivity contribution >= 4 is 0 Å². The van der Waals surface area contributed by atoms with Crippen molar-refractivity contribution in [3.05, 3.63) is 0 Å². The molecular weight excluding hydrogens is 255 g/mol. The average molecular weight is 281 g/mol. The van der Waals surface area contributed by atoms with Crippen LogP contribution < -0.4 is 0 Å². The summed E-state index contributed by atoms with van der Waals surface area (Å²) < 4.78 is 37.7. The zero-order chi connectivity index (χ0) is 14.8. The third kappa shape index (κ3) is 4.95. The Morgan fingerprint density at radius 2 is 1.89 bits per heavy atom. The second kappa shape index (κ2) is 6.00. The average Bonchev–Trinajstić information content (AvgIpc) is 2.21.